The van der Waals surface area contributed by atoms with E-state index in [-0.39, 0.29) is 0 Å². The van der Waals surface area contributed by atoms with Crippen LogP contribution in [0.25, 0.3) is 0 Å². The first-order valence-electron chi connectivity index (χ1n) is 4.44. The van der Waals surface area contributed by atoms with Gasteiger partial charge in [-0.15, -0.1) is 0 Å². The average Bonchev–Trinajstić information content (AvgIpc) is 2.60. The summed E-state index contributed by atoms with van der Waals surface area (Å²) in [5.74, 6) is 0. The lowest BCUT2D eigenvalue weighted by molar-refractivity contribution is 0.388. The van der Waals surface area contributed by atoms with Gasteiger partial charge in [0.25, 0.3) is 0 Å². The predicted octanol–water partition coefficient (Wildman–Crippen LogP) is 2.53. The molecule has 0 bridgehead atoms. The number of alkyl halides is 1. The molecule has 0 saturated carbocycles. The minimum absolute atomic E-state index is 0.756. The van der Waals surface area contributed by atoms with Crippen molar-refractivity contribution in [3.63, 3.8) is 0 Å². The third-order valence-electron chi connectivity index (χ3n) is 2.42. The van der Waals surface area contributed by atoms with E-state index in [1.54, 1.807) is 4.90 Å². The molecule has 1 aliphatic rings. The van der Waals surface area contributed by atoms with Gasteiger partial charge in [-0.3, -0.25) is 0 Å². The van der Waals surface area contributed by atoms with Crippen LogP contribution in [0.1, 0.15) is 5.56 Å². The predicted molar refractivity (Wildman–Crippen MR) is 52.6 cm³/mol. The summed E-state index contributed by atoms with van der Waals surface area (Å²) in [5, 5.41) is 0. The normalized spacial score (nSPS) is 16.8. The van der Waals surface area contributed by atoms with Gasteiger partial charge >= 0.3 is 0 Å². The molecule has 0 aliphatic carbocycles. The van der Waals surface area contributed by atoms with E-state index in [0.717, 1.165) is 18.7 Å². The number of nitrogens with zero attached hydrogens (tertiary/aromatic N) is 1. The van der Waals surface area contributed by atoms with Crippen molar-refractivity contribution in [2.45, 2.75) is 12.7 Å². The molecule has 1 nitrogen and oxygen atoms in total. The van der Waals surface area contributed by atoms with Crippen molar-refractivity contribution in [3.05, 3.63) is 42.5 Å². The standard InChI is InChI=1S/C11H12FN/c1-2-11(12)13-8-7-9-5-3-4-6-10(9)13/h2-6,11H,1,7-8H2. The molecule has 2 rings (SSSR count). The Morgan fingerprint density at radius 1 is 1.46 bits per heavy atom. The fourth-order valence-corrected chi connectivity index (χ4v) is 1.75. The van der Waals surface area contributed by atoms with Crippen molar-refractivity contribution in [1.29, 1.82) is 0 Å². The molecule has 1 aromatic carbocycles. The van der Waals surface area contributed by atoms with Gasteiger partial charge < -0.3 is 4.90 Å². The quantitative estimate of drug-likeness (QED) is 0.495. The van der Waals surface area contributed by atoms with Crippen LogP contribution >= 0.6 is 0 Å². The van der Waals surface area contributed by atoms with E-state index in [1.165, 1.54) is 11.6 Å². The van der Waals surface area contributed by atoms with E-state index in [2.05, 4.69) is 6.58 Å². The number of para-hydroxylation sites is 1. The van der Waals surface area contributed by atoms with Gasteiger partial charge in [-0.25, -0.2) is 4.39 Å². The minimum atomic E-state index is -1.05. The molecule has 1 aromatic rings. The van der Waals surface area contributed by atoms with Crippen molar-refractivity contribution < 1.29 is 4.39 Å². The molecule has 1 heterocycles. The molecule has 0 aromatic heterocycles. The van der Waals surface area contributed by atoms with E-state index in [9.17, 15) is 4.39 Å². The second kappa shape index (κ2) is 3.21. The minimum Gasteiger partial charge on any atom is -0.338 e. The number of hydrogen-bond acceptors (Lipinski definition) is 1. The van der Waals surface area contributed by atoms with E-state index < -0.39 is 6.30 Å². The number of benzene rings is 1. The highest BCUT2D eigenvalue weighted by Gasteiger charge is 2.22. The fraction of sp³-hybridized carbons (Fsp3) is 0.273. The first-order valence-corrected chi connectivity index (χ1v) is 4.44. The van der Waals surface area contributed by atoms with Crippen LogP contribution in [0.5, 0.6) is 0 Å². The number of anilines is 1. The van der Waals surface area contributed by atoms with Crippen molar-refractivity contribution in [3.8, 4) is 0 Å². The number of halogens is 1. The number of fused-ring (bicyclic) bond motifs is 1. The largest absolute Gasteiger partial charge is 0.338 e. The second-order valence-corrected chi connectivity index (χ2v) is 3.18. The maximum atomic E-state index is 13.3. The van der Waals surface area contributed by atoms with Crippen LogP contribution < -0.4 is 4.90 Å². The summed E-state index contributed by atoms with van der Waals surface area (Å²) in [6, 6.07) is 7.93. The Labute approximate surface area is 77.5 Å². The van der Waals surface area contributed by atoms with Crippen LogP contribution in [0.2, 0.25) is 0 Å². The van der Waals surface area contributed by atoms with Gasteiger partial charge in [0.1, 0.15) is 0 Å². The Balaban J connectivity index is 2.33. The van der Waals surface area contributed by atoms with Gasteiger partial charge in [0.05, 0.1) is 0 Å². The van der Waals surface area contributed by atoms with Crippen LogP contribution in [0.15, 0.2) is 36.9 Å². The summed E-state index contributed by atoms with van der Waals surface area (Å²) < 4.78 is 13.3. The lowest BCUT2D eigenvalue weighted by Gasteiger charge is -2.20. The molecule has 1 unspecified atom stereocenters. The first kappa shape index (κ1) is 8.30. The van der Waals surface area contributed by atoms with Crippen molar-refractivity contribution in [2.24, 2.45) is 0 Å². The fourth-order valence-electron chi connectivity index (χ4n) is 1.75. The van der Waals surface area contributed by atoms with Gasteiger partial charge in [0, 0.05) is 12.2 Å². The Morgan fingerprint density at radius 3 is 3.00 bits per heavy atom. The van der Waals surface area contributed by atoms with Gasteiger partial charge in [0.15, 0.2) is 6.30 Å². The van der Waals surface area contributed by atoms with Gasteiger partial charge in [-0.05, 0) is 24.1 Å². The van der Waals surface area contributed by atoms with Crippen LogP contribution in [0.3, 0.4) is 0 Å². The lowest BCUT2D eigenvalue weighted by Crippen LogP contribution is -2.28. The molecule has 0 radical (unpaired) electrons. The molecule has 0 saturated heterocycles. The van der Waals surface area contributed by atoms with Crippen molar-refractivity contribution >= 4 is 5.69 Å². The van der Waals surface area contributed by atoms with Crippen LogP contribution in [-0.2, 0) is 6.42 Å². The van der Waals surface area contributed by atoms with E-state index in [4.69, 9.17) is 0 Å². The van der Waals surface area contributed by atoms with Crippen LogP contribution in [-0.4, -0.2) is 12.8 Å². The highest BCUT2D eigenvalue weighted by atomic mass is 19.1. The molecule has 0 fully saturated rings. The number of rotatable bonds is 2. The Morgan fingerprint density at radius 2 is 2.23 bits per heavy atom. The third-order valence-corrected chi connectivity index (χ3v) is 2.42. The molecule has 13 heavy (non-hydrogen) atoms. The average molecular weight is 177 g/mol. The summed E-state index contributed by atoms with van der Waals surface area (Å²) in [6.45, 7) is 4.22. The van der Waals surface area contributed by atoms with Crippen molar-refractivity contribution in [2.75, 3.05) is 11.4 Å². The van der Waals surface area contributed by atoms with Crippen LogP contribution in [0.4, 0.5) is 10.1 Å². The number of hydrogen-bond donors (Lipinski definition) is 0. The smallest absolute Gasteiger partial charge is 0.191 e. The maximum Gasteiger partial charge on any atom is 0.191 e. The monoisotopic (exact) mass is 177 g/mol. The molecule has 68 valence electrons. The van der Waals surface area contributed by atoms with E-state index >= 15 is 0 Å². The third kappa shape index (κ3) is 1.32. The Bertz CT molecular complexity index is 322. The highest BCUT2D eigenvalue weighted by Crippen LogP contribution is 2.29. The highest BCUT2D eigenvalue weighted by molar-refractivity contribution is 5.58. The molecule has 1 aliphatic heterocycles. The van der Waals surface area contributed by atoms with Crippen molar-refractivity contribution in [1.82, 2.24) is 0 Å². The van der Waals surface area contributed by atoms with Gasteiger partial charge in [-0.1, -0.05) is 24.8 Å². The summed E-state index contributed by atoms with van der Waals surface area (Å²) in [5.41, 5.74) is 2.24. The van der Waals surface area contributed by atoms with Gasteiger partial charge in [-0.2, -0.15) is 0 Å². The summed E-state index contributed by atoms with van der Waals surface area (Å²) >= 11 is 0. The summed E-state index contributed by atoms with van der Waals surface area (Å²) in [6.07, 6.45) is 1.22. The second-order valence-electron chi connectivity index (χ2n) is 3.18. The summed E-state index contributed by atoms with van der Waals surface area (Å²) in [7, 11) is 0. The topological polar surface area (TPSA) is 3.24 Å². The van der Waals surface area contributed by atoms with Crippen LogP contribution in [0, 0.1) is 0 Å². The molecule has 1 atom stereocenters. The molecule has 0 N–H and O–H groups in total. The molecule has 0 amide bonds. The zero-order chi connectivity index (χ0) is 9.26. The molecule has 0 spiro atoms. The lowest BCUT2D eigenvalue weighted by atomic mass is 10.2. The Kier molecular flexibility index (Phi) is 2.05. The molecular weight excluding hydrogens is 165 g/mol. The summed E-state index contributed by atoms with van der Waals surface area (Å²) in [4.78, 5) is 1.74. The molecule has 2 heteroatoms. The first-order chi connectivity index (χ1) is 6.33. The molecular formula is C11H12FN. The Hall–Kier alpha value is -1.31. The van der Waals surface area contributed by atoms with Gasteiger partial charge in [0.2, 0.25) is 0 Å². The zero-order valence-electron chi connectivity index (χ0n) is 7.41. The van der Waals surface area contributed by atoms with E-state index in [1.807, 2.05) is 24.3 Å². The van der Waals surface area contributed by atoms with E-state index in [0.29, 0.717) is 0 Å². The SMILES string of the molecule is C=CC(F)N1CCc2ccccc21. The maximum absolute atomic E-state index is 13.3. The zero-order valence-corrected chi connectivity index (χ0v) is 7.41.